The van der Waals surface area contributed by atoms with Crippen LogP contribution in [0.1, 0.15) is 25.6 Å². The highest BCUT2D eigenvalue weighted by Gasteiger charge is 2.20. The Hall–Kier alpha value is -1.03. The number of likely N-dealkylation sites (N-methyl/N-ethyl adjacent to an activating group) is 1. The van der Waals surface area contributed by atoms with Crippen LogP contribution in [-0.2, 0) is 0 Å². The minimum absolute atomic E-state index is 0.483. The fourth-order valence-electron chi connectivity index (χ4n) is 2.31. The zero-order valence-corrected chi connectivity index (χ0v) is 10.8. The van der Waals surface area contributed by atoms with Crippen molar-refractivity contribution in [2.75, 3.05) is 38.1 Å². The second-order valence-electron chi connectivity index (χ2n) is 4.95. The van der Waals surface area contributed by atoms with Gasteiger partial charge in [-0.15, -0.1) is 0 Å². The third-order valence-electron chi connectivity index (χ3n) is 3.26. The van der Waals surface area contributed by atoms with Crippen LogP contribution in [0.25, 0.3) is 0 Å². The Morgan fingerprint density at radius 3 is 2.38 bits per heavy atom. The summed E-state index contributed by atoms with van der Waals surface area (Å²) in [5.41, 5.74) is 1.25. The molecule has 0 atom stereocenters. The first kappa shape index (κ1) is 11.5. The molecule has 16 heavy (non-hydrogen) atoms. The maximum Gasteiger partial charge on any atom is 0.205 e. The van der Waals surface area contributed by atoms with Gasteiger partial charge in [0.05, 0.1) is 6.20 Å². The molecule has 0 aliphatic carbocycles. The van der Waals surface area contributed by atoms with Crippen LogP contribution < -0.4 is 4.90 Å². The van der Waals surface area contributed by atoms with E-state index in [0.29, 0.717) is 6.04 Å². The standard InChI is InChI=1S/C12H22N4/c1-10(2)16-11(3)9-13-12(16)15-7-5-14(4)6-8-15/h9-10H,5-8H2,1-4H3. The normalized spacial score (nSPS) is 18.4. The van der Waals surface area contributed by atoms with Crippen LogP contribution in [-0.4, -0.2) is 47.7 Å². The molecule has 0 radical (unpaired) electrons. The van der Waals surface area contributed by atoms with Crippen LogP contribution in [0, 0.1) is 6.92 Å². The van der Waals surface area contributed by atoms with Gasteiger partial charge in [0.1, 0.15) is 0 Å². The molecule has 1 aliphatic rings. The zero-order valence-electron chi connectivity index (χ0n) is 10.8. The lowest BCUT2D eigenvalue weighted by Crippen LogP contribution is -2.45. The number of aryl methyl sites for hydroxylation is 1. The SMILES string of the molecule is Cc1cnc(N2CCN(C)CC2)n1C(C)C. The molecule has 2 heterocycles. The van der Waals surface area contributed by atoms with Gasteiger partial charge in [0.2, 0.25) is 5.95 Å². The van der Waals surface area contributed by atoms with Crippen molar-refractivity contribution in [2.45, 2.75) is 26.8 Å². The average molecular weight is 222 g/mol. The van der Waals surface area contributed by atoms with Gasteiger partial charge in [-0.2, -0.15) is 0 Å². The lowest BCUT2D eigenvalue weighted by Gasteiger charge is -2.34. The topological polar surface area (TPSA) is 24.3 Å². The Morgan fingerprint density at radius 1 is 1.19 bits per heavy atom. The van der Waals surface area contributed by atoms with Crippen LogP contribution in [0.4, 0.5) is 5.95 Å². The van der Waals surface area contributed by atoms with Gasteiger partial charge in [-0.1, -0.05) is 0 Å². The molecule has 90 valence electrons. The molecule has 0 bridgehead atoms. The summed E-state index contributed by atoms with van der Waals surface area (Å²) < 4.78 is 2.32. The average Bonchev–Trinajstić information content (AvgIpc) is 2.61. The second-order valence-corrected chi connectivity index (χ2v) is 4.95. The van der Waals surface area contributed by atoms with Gasteiger partial charge in [0, 0.05) is 37.9 Å². The van der Waals surface area contributed by atoms with Crippen molar-refractivity contribution in [1.29, 1.82) is 0 Å². The minimum Gasteiger partial charge on any atom is -0.340 e. The third kappa shape index (κ3) is 2.07. The number of nitrogens with zero attached hydrogens (tertiary/aromatic N) is 4. The molecule has 1 fully saturated rings. The van der Waals surface area contributed by atoms with Crippen LogP contribution >= 0.6 is 0 Å². The van der Waals surface area contributed by atoms with Crippen molar-refractivity contribution in [2.24, 2.45) is 0 Å². The van der Waals surface area contributed by atoms with Gasteiger partial charge in [-0.25, -0.2) is 4.98 Å². The lowest BCUT2D eigenvalue weighted by molar-refractivity contribution is 0.309. The maximum absolute atomic E-state index is 4.56. The highest BCUT2D eigenvalue weighted by molar-refractivity contribution is 5.35. The molecule has 0 unspecified atom stereocenters. The van der Waals surface area contributed by atoms with Gasteiger partial charge < -0.3 is 14.4 Å². The van der Waals surface area contributed by atoms with Gasteiger partial charge in [-0.3, -0.25) is 0 Å². The Balaban J connectivity index is 2.20. The Labute approximate surface area is 97.9 Å². The summed E-state index contributed by atoms with van der Waals surface area (Å²) in [5.74, 6) is 1.14. The largest absolute Gasteiger partial charge is 0.340 e. The predicted octanol–water partition coefficient (Wildman–Crippen LogP) is 1.52. The molecule has 0 saturated carbocycles. The third-order valence-corrected chi connectivity index (χ3v) is 3.26. The number of rotatable bonds is 2. The van der Waals surface area contributed by atoms with Crippen LogP contribution in [0.5, 0.6) is 0 Å². The predicted molar refractivity (Wildman–Crippen MR) is 67.1 cm³/mol. The Morgan fingerprint density at radius 2 is 1.81 bits per heavy atom. The molecule has 4 nitrogen and oxygen atoms in total. The van der Waals surface area contributed by atoms with Crippen molar-refractivity contribution in [3.8, 4) is 0 Å². The molecule has 0 spiro atoms. The first-order chi connectivity index (χ1) is 7.59. The van der Waals surface area contributed by atoms with E-state index in [-0.39, 0.29) is 0 Å². The summed E-state index contributed by atoms with van der Waals surface area (Å²) in [7, 11) is 2.18. The van der Waals surface area contributed by atoms with E-state index < -0.39 is 0 Å². The first-order valence-electron chi connectivity index (χ1n) is 6.07. The molecule has 0 aromatic carbocycles. The quantitative estimate of drug-likeness (QED) is 0.758. The lowest BCUT2D eigenvalue weighted by atomic mass is 10.3. The van der Waals surface area contributed by atoms with Gasteiger partial charge in [-0.05, 0) is 27.8 Å². The molecule has 2 rings (SSSR count). The van der Waals surface area contributed by atoms with E-state index in [2.05, 4.69) is 47.2 Å². The van der Waals surface area contributed by atoms with E-state index >= 15 is 0 Å². The first-order valence-corrected chi connectivity index (χ1v) is 6.07. The molecule has 1 aliphatic heterocycles. The van der Waals surface area contributed by atoms with E-state index in [4.69, 9.17) is 0 Å². The molecule has 4 heteroatoms. The summed E-state index contributed by atoms with van der Waals surface area (Å²) in [6, 6.07) is 0.483. The van der Waals surface area contributed by atoms with Gasteiger partial charge >= 0.3 is 0 Å². The van der Waals surface area contributed by atoms with Crippen LogP contribution in [0.2, 0.25) is 0 Å². The molecule has 1 aromatic rings. The van der Waals surface area contributed by atoms with Crippen molar-refractivity contribution < 1.29 is 0 Å². The molecule has 0 amide bonds. The van der Waals surface area contributed by atoms with E-state index in [1.54, 1.807) is 0 Å². The van der Waals surface area contributed by atoms with E-state index in [0.717, 1.165) is 32.1 Å². The van der Waals surface area contributed by atoms with Crippen molar-refractivity contribution >= 4 is 5.95 Å². The van der Waals surface area contributed by atoms with Crippen molar-refractivity contribution in [3.63, 3.8) is 0 Å². The molecule has 1 aromatic heterocycles. The van der Waals surface area contributed by atoms with Crippen molar-refractivity contribution in [3.05, 3.63) is 11.9 Å². The number of hydrogen-bond acceptors (Lipinski definition) is 3. The second kappa shape index (κ2) is 4.45. The fraction of sp³-hybridized carbons (Fsp3) is 0.750. The van der Waals surface area contributed by atoms with Gasteiger partial charge in [0.25, 0.3) is 0 Å². The summed E-state index contributed by atoms with van der Waals surface area (Å²) in [4.78, 5) is 9.32. The monoisotopic (exact) mass is 222 g/mol. The highest BCUT2D eigenvalue weighted by Crippen LogP contribution is 2.21. The van der Waals surface area contributed by atoms with E-state index in [1.165, 1.54) is 5.69 Å². The molecule has 1 saturated heterocycles. The van der Waals surface area contributed by atoms with E-state index in [1.807, 2.05) is 6.20 Å². The number of hydrogen-bond donors (Lipinski definition) is 0. The summed E-state index contributed by atoms with van der Waals surface area (Å²) in [6.45, 7) is 11.0. The minimum atomic E-state index is 0.483. The summed E-state index contributed by atoms with van der Waals surface area (Å²) in [5, 5.41) is 0. The highest BCUT2D eigenvalue weighted by atomic mass is 15.4. The molecule has 0 N–H and O–H groups in total. The smallest absolute Gasteiger partial charge is 0.205 e. The maximum atomic E-state index is 4.56. The summed E-state index contributed by atoms with van der Waals surface area (Å²) >= 11 is 0. The fourth-order valence-corrected chi connectivity index (χ4v) is 2.31. The van der Waals surface area contributed by atoms with Gasteiger partial charge in [0.15, 0.2) is 0 Å². The Bertz CT molecular complexity index is 348. The number of anilines is 1. The number of imidazole rings is 1. The summed E-state index contributed by atoms with van der Waals surface area (Å²) in [6.07, 6.45) is 1.98. The molecular formula is C12H22N4. The number of piperazine rings is 1. The Kier molecular flexibility index (Phi) is 3.19. The van der Waals surface area contributed by atoms with E-state index in [9.17, 15) is 0 Å². The van der Waals surface area contributed by atoms with Crippen molar-refractivity contribution in [1.82, 2.24) is 14.5 Å². The molecular weight excluding hydrogens is 200 g/mol. The number of aromatic nitrogens is 2. The van der Waals surface area contributed by atoms with Crippen LogP contribution in [0.15, 0.2) is 6.20 Å². The van der Waals surface area contributed by atoms with Crippen LogP contribution in [0.3, 0.4) is 0 Å². The zero-order chi connectivity index (χ0) is 11.7.